The van der Waals surface area contributed by atoms with E-state index in [0.717, 1.165) is 31.2 Å². The molecular formula is C23H20Br2O4. The third kappa shape index (κ3) is 4.70. The first-order chi connectivity index (χ1) is 13.9. The van der Waals surface area contributed by atoms with Crippen molar-refractivity contribution in [1.29, 1.82) is 0 Å². The van der Waals surface area contributed by atoms with Crippen LogP contribution >= 0.6 is 31.9 Å². The molecule has 29 heavy (non-hydrogen) atoms. The second-order valence-electron chi connectivity index (χ2n) is 6.86. The first kappa shape index (κ1) is 21.5. The lowest BCUT2D eigenvalue weighted by molar-refractivity contribution is -0.168. The summed E-state index contributed by atoms with van der Waals surface area (Å²) in [5, 5.41) is 0. The number of carbonyl (C=O) groups is 2. The van der Waals surface area contributed by atoms with Crippen molar-refractivity contribution in [3.8, 4) is 0 Å². The van der Waals surface area contributed by atoms with Crippen LogP contribution in [0.4, 0.5) is 0 Å². The Hall–Kier alpha value is -2.18. The largest absolute Gasteiger partial charge is 0.468 e. The molecule has 0 aromatic heterocycles. The zero-order valence-corrected chi connectivity index (χ0v) is 19.2. The highest BCUT2D eigenvalue weighted by atomic mass is 79.9. The van der Waals surface area contributed by atoms with Crippen molar-refractivity contribution in [3.05, 3.63) is 79.7 Å². The zero-order valence-electron chi connectivity index (χ0n) is 16.1. The normalized spacial score (nSPS) is 18.1. The van der Waals surface area contributed by atoms with Crippen molar-refractivity contribution >= 4 is 56.0 Å². The molecule has 6 heteroatoms. The molecule has 0 radical (unpaired) electrons. The van der Waals surface area contributed by atoms with Gasteiger partial charge in [-0.15, -0.1) is 0 Å². The molecule has 1 aliphatic rings. The fourth-order valence-corrected chi connectivity index (χ4v) is 4.04. The van der Waals surface area contributed by atoms with Gasteiger partial charge in [-0.2, -0.15) is 0 Å². The molecule has 3 rings (SSSR count). The van der Waals surface area contributed by atoms with E-state index in [1.807, 2.05) is 60.7 Å². The summed E-state index contributed by atoms with van der Waals surface area (Å²) in [6, 6.07) is 15.7. The summed E-state index contributed by atoms with van der Waals surface area (Å²) in [4.78, 5) is 25.3. The Morgan fingerprint density at radius 3 is 1.41 bits per heavy atom. The molecule has 1 saturated carbocycles. The molecule has 0 amide bonds. The molecule has 0 atom stereocenters. The van der Waals surface area contributed by atoms with E-state index in [9.17, 15) is 9.59 Å². The second-order valence-corrected chi connectivity index (χ2v) is 8.69. The van der Waals surface area contributed by atoms with Gasteiger partial charge >= 0.3 is 11.9 Å². The van der Waals surface area contributed by atoms with Crippen LogP contribution in [0.1, 0.15) is 24.0 Å². The molecule has 0 aliphatic heterocycles. The molecule has 0 bridgehead atoms. The third-order valence-corrected chi connectivity index (χ3v) is 6.03. The van der Waals surface area contributed by atoms with Gasteiger partial charge < -0.3 is 9.47 Å². The number of rotatable bonds is 4. The number of halogens is 2. The van der Waals surface area contributed by atoms with Crippen LogP contribution in [0.5, 0.6) is 0 Å². The predicted molar refractivity (Wildman–Crippen MR) is 120 cm³/mol. The quantitative estimate of drug-likeness (QED) is 0.378. The topological polar surface area (TPSA) is 52.6 Å². The standard InChI is InChI=1S/C23H20Br2O4/c1-28-21(26)23(22(27)29-2)13-17(11-15-3-7-19(24)8-4-15)18(14-23)12-16-5-9-20(25)10-6-16/h3-12H,13-14H2,1-2H3/b17-11-,18-12+. The third-order valence-electron chi connectivity index (χ3n) is 4.97. The molecule has 0 unspecified atom stereocenters. The number of esters is 2. The van der Waals surface area contributed by atoms with E-state index < -0.39 is 17.4 Å². The van der Waals surface area contributed by atoms with Crippen LogP contribution in [0.15, 0.2) is 68.6 Å². The van der Waals surface area contributed by atoms with Crippen LogP contribution in [0.25, 0.3) is 12.2 Å². The van der Waals surface area contributed by atoms with Crippen molar-refractivity contribution < 1.29 is 19.1 Å². The number of methoxy groups -OCH3 is 2. The maximum absolute atomic E-state index is 12.6. The van der Waals surface area contributed by atoms with E-state index in [0.29, 0.717) is 0 Å². The average Bonchev–Trinajstić information content (AvgIpc) is 3.09. The van der Waals surface area contributed by atoms with Crippen LogP contribution in [0, 0.1) is 5.41 Å². The number of carbonyl (C=O) groups excluding carboxylic acids is 2. The van der Waals surface area contributed by atoms with Crippen LogP contribution in [-0.2, 0) is 19.1 Å². The Labute approximate surface area is 186 Å². The first-order valence-corrected chi connectivity index (χ1v) is 10.6. The number of benzene rings is 2. The summed E-state index contributed by atoms with van der Waals surface area (Å²) in [5.41, 5.74) is 2.41. The summed E-state index contributed by atoms with van der Waals surface area (Å²) >= 11 is 6.87. The van der Waals surface area contributed by atoms with Gasteiger partial charge in [0.2, 0.25) is 0 Å². The van der Waals surface area contributed by atoms with E-state index in [-0.39, 0.29) is 12.8 Å². The Balaban J connectivity index is 2.10. The molecule has 0 N–H and O–H groups in total. The minimum Gasteiger partial charge on any atom is -0.468 e. The van der Waals surface area contributed by atoms with Crippen LogP contribution in [-0.4, -0.2) is 26.2 Å². The van der Waals surface area contributed by atoms with Gasteiger partial charge in [0.05, 0.1) is 14.2 Å². The average molecular weight is 520 g/mol. The number of ether oxygens (including phenoxy) is 2. The van der Waals surface area contributed by atoms with E-state index in [1.54, 1.807) is 0 Å². The minimum atomic E-state index is -1.37. The summed E-state index contributed by atoms with van der Waals surface area (Å²) < 4.78 is 11.9. The lowest BCUT2D eigenvalue weighted by atomic mass is 9.85. The second kappa shape index (κ2) is 9.09. The molecule has 4 nitrogen and oxygen atoms in total. The lowest BCUT2D eigenvalue weighted by Crippen LogP contribution is -2.38. The van der Waals surface area contributed by atoms with Crippen molar-refractivity contribution in [2.75, 3.05) is 14.2 Å². The van der Waals surface area contributed by atoms with Gasteiger partial charge in [-0.3, -0.25) is 9.59 Å². The van der Waals surface area contributed by atoms with Gasteiger partial charge in [-0.25, -0.2) is 0 Å². The number of allylic oxidation sites excluding steroid dienone is 2. The molecule has 1 fully saturated rings. The number of hydrogen-bond donors (Lipinski definition) is 0. The molecule has 150 valence electrons. The smallest absolute Gasteiger partial charge is 0.323 e. The van der Waals surface area contributed by atoms with Crippen molar-refractivity contribution in [1.82, 2.24) is 0 Å². The van der Waals surface area contributed by atoms with E-state index >= 15 is 0 Å². The van der Waals surface area contributed by atoms with E-state index in [1.165, 1.54) is 14.2 Å². The molecule has 1 aliphatic carbocycles. The highest BCUT2D eigenvalue weighted by Crippen LogP contribution is 2.48. The molecule has 2 aromatic rings. The van der Waals surface area contributed by atoms with Gasteiger partial charge in [0.1, 0.15) is 0 Å². The van der Waals surface area contributed by atoms with Gasteiger partial charge in [0, 0.05) is 8.95 Å². The zero-order chi connectivity index (χ0) is 21.0. The van der Waals surface area contributed by atoms with Crippen molar-refractivity contribution in [2.45, 2.75) is 12.8 Å². The van der Waals surface area contributed by atoms with Crippen LogP contribution in [0.3, 0.4) is 0 Å². The fraction of sp³-hybridized carbons (Fsp3) is 0.217. The maximum Gasteiger partial charge on any atom is 0.323 e. The highest BCUT2D eigenvalue weighted by molar-refractivity contribution is 9.10. The summed E-state index contributed by atoms with van der Waals surface area (Å²) in [5.74, 6) is -1.16. The Kier molecular flexibility index (Phi) is 6.75. The summed E-state index contributed by atoms with van der Waals surface area (Å²) in [7, 11) is 2.59. The first-order valence-electron chi connectivity index (χ1n) is 8.97. The monoisotopic (exact) mass is 518 g/mol. The van der Waals surface area contributed by atoms with E-state index in [4.69, 9.17) is 9.47 Å². The van der Waals surface area contributed by atoms with Crippen molar-refractivity contribution in [2.24, 2.45) is 5.41 Å². The molecule has 0 heterocycles. The highest BCUT2D eigenvalue weighted by Gasteiger charge is 2.53. The van der Waals surface area contributed by atoms with Crippen LogP contribution in [0.2, 0.25) is 0 Å². The summed E-state index contributed by atoms with van der Waals surface area (Å²) in [6.45, 7) is 0. The molecule has 0 spiro atoms. The van der Waals surface area contributed by atoms with Gasteiger partial charge in [-0.1, -0.05) is 68.3 Å². The fourth-order valence-electron chi connectivity index (χ4n) is 3.51. The van der Waals surface area contributed by atoms with Crippen molar-refractivity contribution in [3.63, 3.8) is 0 Å². The van der Waals surface area contributed by atoms with Gasteiger partial charge in [0.15, 0.2) is 5.41 Å². The number of hydrogen-bond acceptors (Lipinski definition) is 4. The van der Waals surface area contributed by atoms with Gasteiger partial charge in [0.25, 0.3) is 0 Å². The predicted octanol–water partition coefficient (Wildman–Crippen LogP) is 5.80. The molecule has 2 aromatic carbocycles. The Morgan fingerprint density at radius 2 is 1.10 bits per heavy atom. The minimum absolute atomic E-state index is 0.227. The maximum atomic E-state index is 12.6. The molecular weight excluding hydrogens is 500 g/mol. The van der Waals surface area contributed by atoms with E-state index in [2.05, 4.69) is 31.9 Å². The van der Waals surface area contributed by atoms with Crippen LogP contribution < -0.4 is 0 Å². The Bertz CT molecular complexity index is 891. The summed E-state index contributed by atoms with van der Waals surface area (Å²) in [6.07, 6.45) is 4.46. The Morgan fingerprint density at radius 1 is 0.759 bits per heavy atom. The lowest BCUT2D eigenvalue weighted by Gasteiger charge is -2.21. The molecule has 0 saturated heterocycles. The van der Waals surface area contributed by atoms with Gasteiger partial charge in [-0.05, 0) is 59.4 Å². The SMILES string of the molecule is COC(=O)C1(C(=O)OC)CC(=C/c2ccc(Br)cc2)/C(=C/c2ccc(Br)cc2)C1.